The average Bonchev–Trinajstić information content (AvgIpc) is 2.75. The molecule has 0 aromatic heterocycles. The zero-order valence-corrected chi connectivity index (χ0v) is 17.9. The van der Waals surface area contributed by atoms with E-state index >= 15 is 0 Å². The van der Waals surface area contributed by atoms with E-state index in [1.165, 1.54) is 38.5 Å². The molecule has 0 spiro atoms. The Labute approximate surface area is 176 Å². The summed E-state index contributed by atoms with van der Waals surface area (Å²) in [6.07, 6.45) is -0.989. The first-order valence-electron chi connectivity index (χ1n) is 9.22. The van der Waals surface area contributed by atoms with E-state index in [0.29, 0.717) is 17.2 Å². The molecule has 2 aromatic rings. The van der Waals surface area contributed by atoms with Crippen LogP contribution in [0.1, 0.15) is 17.3 Å². The first-order chi connectivity index (χ1) is 14.3. The van der Waals surface area contributed by atoms with Gasteiger partial charge in [-0.1, -0.05) is 13.0 Å². The highest BCUT2D eigenvalue weighted by Gasteiger charge is 2.16. The Balaban J connectivity index is 1.91. The molecule has 164 valence electrons. The van der Waals surface area contributed by atoms with Gasteiger partial charge < -0.3 is 24.6 Å². The Kier molecular flexibility index (Phi) is 8.46. The van der Waals surface area contributed by atoms with Gasteiger partial charge in [0.1, 0.15) is 12.7 Å². The van der Waals surface area contributed by atoms with Crippen LogP contribution < -0.4 is 24.2 Å². The fourth-order valence-electron chi connectivity index (χ4n) is 2.57. The first-order valence-corrected chi connectivity index (χ1v) is 10.7. The standard InChI is InChI=1S/C20H26N2O7S/c1-4-22-30(25,26)16-10-8-14(9-11-16)20(24)21-12-15(23)13-29-19-17(27-2)6-5-7-18(19)28-3/h5-11,15,22-23H,4,12-13H2,1-3H3,(H,21,24). The lowest BCUT2D eigenvalue weighted by molar-refractivity contribution is 0.0833. The fourth-order valence-corrected chi connectivity index (χ4v) is 3.61. The van der Waals surface area contributed by atoms with E-state index in [0.717, 1.165) is 0 Å². The summed E-state index contributed by atoms with van der Waals surface area (Å²) in [5.41, 5.74) is 0.268. The van der Waals surface area contributed by atoms with Gasteiger partial charge in [0.05, 0.1) is 19.1 Å². The number of hydrogen-bond acceptors (Lipinski definition) is 7. The maximum Gasteiger partial charge on any atom is 0.251 e. The van der Waals surface area contributed by atoms with Crippen LogP contribution in [0, 0.1) is 0 Å². The van der Waals surface area contributed by atoms with Gasteiger partial charge in [-0.25, -0.2) is 13.1 Å². The summed E-state index contributed by atoms with van der Waals surface area (Å²) in [7, 11) is -0.596. The van der Waals surface area contributed by atoms with E-state index in [1.807, 2.05) is 0 Å². The summed E-state index contributed by atoms with van der Waals surface area (Å²) in [6, 6.07) is 10.7. The second-order valence-electron chi connectivity index (χ2n) is 6.19. The van der Waals surface area contributed by atoms with E-state index in [2.05, 4.69) is 10.0 Å². The van der Waals surface area contributed by atoms with Crippen molar-refractivity contribution < 1.29 is 32.5 Å². The molecule has 0 aliphatic carbocycles. The summed E-state index contributed by atoms with van der Waals surface area (Å²) in [6.45, 7) is 1.79. The predicted molar refractivity (Wildman–Crippen MR) is 111 cm³/mol. The van der Waals surface area contributed by atoms with Crippen molar-refractivity contribution in [2.24, 2.45) is 0 Å². The lowest BCUT2D eigenvalue weighted by atomic mass is 10.2. The van der Waals surface area contributed by atoms with Crippen LogP contribution in [0.25, 0.3) is 0 Å². The van der Waals surface area contributed by atoms with Crippen molar-refractivity contribution in [1.82, 2.24) is 10.0 Å². The highest BCUT2D eigenvalue weighted by molar-refractivity contribution is 7.89. The minimum absolute atomic E-state index is 0.0618. The van der Waals surface area contributed by atoms with Gasteiger partial charge in [0.25, 0.3) is 5.91 Å². The van der Waals surface area contributed by atoms with E-state index in [1.54, 1.807) is 25.1 Å². The number of amides is 1. The Morgan fingerprint density at radius 1 is 1.07 bits per heavy atom. The number of hydrogen-bond donors (Lipinski definition) is 3. The molecule has 9 nitrogen and oxygen atoms in total. The molecule has 1 unspecified atom stereocenters. The summed E-state index contributed by atoms with van der Waals surface area (Å²) in [5.74, 6) is 0.818. The van der Waals surface area contributed by atoms with Crippen LogP contribution in [0.4, 0.5) is 0 Å². The number of sulfonamides is 1. The third-order valence-corrected chi connectivity index (χ3v) is 5.62. The molecule has 10 heteroatoms. The normalized spacial score (nSPS) is 12.1. The predicted octanol–water partition coefficient (Wildman–Crippen LogP) is 1.17. The lowest BCUT2D eigenvalue weighted by Gasteiger charge is -2.17. The highest BCUT2D eigenvalue weighted by atomic mass is 32.2. The SMILES string of the molecule is CCNS(=O)(=O)c1ccc(C(=O)NCC(O)COc2c(OC)cccc2OC)cc1. The number of ether oxygens (including phenoxy) is 3. The second-order valence-corrected chi connectivity index (χ2v) is 7.96. The second kappa shape index (κ2) is 10.8. The number of carbonyl (C=O) groups excluding carboxylic acids is 1. The number of aliphatic hydroxyl groups is 1. The molecule has 1 amide bonds. The Morgan fingerprint density at radius 3 is 2.20 bits per heavy atom. The molecule has 0 bridgehead atoms. The number of nitrogens with one attached hydrogen (secondary N) is 2. The molecule has 30 heavy (non-hydrogen) atoms. The lowest BCUT2D eigenvalue weighted by Crippen LogP contribution is -2.35. The molecule has 2 rings (SSSR count). The van der Waals surface area contributed by atoms with Crippen LogP contribution in [0.15, 0.2) is 47.4 Å². The summed E-state index contributed by atoms with van der Waals surface area (Å²) >= 11 is 0. The molecular weight excluding hydrogens is 412 g/mol. The monoisotopic (exact) mass is 438 g/mol. The van der Waals surface area contributed by atoms with Gasteiger partial charge in [0, 0.05) is 18.7 Å². The zero-order chi connectivity index (χ0) is 22.1. The summed E-state index contributed by atoms with van der Waals surface area (Å²) < 4.78 is 42.3. The van der Waals surface area contributed by atoms with Crippen molar-refractivity contribution >= 4 is 15.9 Å². The quantitative estimate of drug-likeness (QED) is 0.481. The number of methoxy groups -OCH3 is 2. The maximum atomic E-state index is 12.2. The molecule has 0 aliphatic rings. The Morgan fingerprint density at radius 2 is 1.67 bits per heavy atom. The first kappa shape index (κ1) is 23.5. The van der Waals surface area contributed by atoms with Gasteiger partial charge in [0.15, 0.2) is 11.5 Å². The van der Waals surface area contributed by atoms with Crippen molar-refractivity contribution in [1.29, 1.82) is 0 Å². The third-order valence-electron chi connectivity index (χ3n) is 4.06. The molecule has 0 aliphatic heterocycles. The van der Waals surface area contributed by atoms with Gasteiger partial charge in [-0.2, -0.15) is 0 Å². The van der Waals surface area contributed by atoms with Gasteiger partial charge >= 0.3 is 0 Å². The van der Waals surface area contributed by atoms with Crippen molar-refractivity contribution in [3.63, 3.8) is 0 Å². The van der Waals surface area contributed by atoms with Crippen molar-refractivity contribution in [3.05, 3.63) is 48.0 Å². The van der Waals surface area contributed by atoms with Crippen LogP contribution in [0.5, 0.6) is 17.2 Å². The van der Waals surface area contributed by atoms with E-state index in [9.17, 15) is 18.3 Å². The van der Waals surface area contributed by atoms with Gasteiger partial charge in [-0.15, -0.1) is 0 Å². The molecular formula is C20H26N2O7S. The molecule has 0 saturated carbocycles. The number of para-hydroxylation sites is 1. The maximum absolute atomic E-state index is 12.2. The topological polar surface area (TPSA) is 123 Å². The Bertz CT molecular complexity index is 924. The zero-order valence-electron chi connectivity index (χ0n) is 17.0. The average molecular weight is 439 g/mol. The number of benzene rings is 2. The van der Waals surface area contributed by atoms with Gasteiger partial charge in [0.2, 0.25) is 15.8 Å². The van der Waals surface area contributed by atoms with Crippen LogP contribution in [-0.2, 0) is 10.0 Å². The number of carbonyl (C=O) groups is 1. The molecule has 3 N–H and O–H groups in total. The minimum Gasteiger partial charge on any atom is -0.493 e. The molecule has 2 aromatic carbocycles. The molecule has 0 fully saturated rings. The minimum atomic E-state index is -3.58. The fraction of sp³-hybridized carbons (Fsp3) is 0.350. The van der Waals surface area contributed by atoms with Crippen LogP contribution in [0.2, 0.25) is 0 Å². The van der Waals surface area contributed by atoms with Crippen LogP contribution in [-0.4, -0.2) is 59.5 Å². The largest absolute Gasteiger partial charge is 0.493 e. The molecule has 1 atom stereocenters. The van der Waals surface area contributed by atoms with Crippen molar-refractivity contribution in [3.8, 4) is 17.2 Å². The van der Waals surface area contributed by atoms with E-state index in [4.69, 9.17) is 14.2 Å². The number of aliphatic hydroxyl groups excluding tert-OH is 1. The van der Waals surface area contributed by atoms with Crippen molar-refractivity contribution in [2.75, 3.05) is 33.9 Å². The molecule has 0 radical (unpaired) electrons. The number of rotatable bonds is 11. The van der Waals surface area contributed by atoms with Gasteiger partial charge in [-0.05, 0) is 36.4 Å². The van der Waals surface area contributed by atoms with E-state index in [-0.39, 0.29) is 30.2 Å². The van der Waals surface area contributed by atoms with Crippen LogP contribution in [0.3, 0.4) is 0 Å². The summed E-state index contributed by atoms with van der Waals surface area (Å²) in [5, 5.41) is 12.7. The smallest absolute Gasteiger partial charge is 0.251 e. The molecule has 0 heterocycles. The van der Waals surface area contributed by atoms with E-state index < -0.39 is 22.0 Å². The van der Waals surface area contributed by atoms with Crippen LogP contribution >= 0.6 is 0 Å². The van der Waals surface area contributed by atoms with Gasteiger partial charge in [-0.3, -0.25) is 4.79 Å². The summed E-state index contributed by atoms with van der Waals surface area (Å²) in [4.78, 5) is 12.3. The third kappa shape index (κ3) is 6.09. The molecule has 0 saturated heterocycles. The van der Waals surface area contributed by atoms with Crippen molar-refractivity contribution in [2.45, 2.75) is 17.9 Å². The Hall–Kier alpha value is -2.82. The highest BCUT2D eigenvalue weighted by Crippen LogP contribution is 2.36.